The van der Waals surface area contributed by atoms with Crippen LogP contribution in [-0.2, 0) is 4.79 Å². The maximum atomic E-state index is 12.7. The van der Waals surface area contributed by atoms with Crippen LogP contribution >= 0.6 is 23.1 Å². The predicted octanol–water partition coefficient (Wildman–Crippen LogP) is 5.14. The van der Waals surface area contributed by atoms with Crippen molar-refractivity contribution in [2.75, 3.05) is 10.6 Å². The van der Waals surface area contributed by atoms with Crippen molar-refractivity contribution < 1.29 is 4.79 Å². The Hall–Kier alpha value is -2.38. The van der Waals surface area contributed by atoms with Gasteiger partial charge < -0.3 is 10.6 Å². The normalized spacial score (nSPS) is 12.0. The van der Waals surface area contributed by atoms with Crippen molar-refractivity contribution in [1.82, 2.24) is 10.2 Å². The number of carbonyl (C=O) groups excluding carboxylic acids is 1. The summed E-state index contributed by atoms with van der Waals surface area (Å²) in [6.07, 6.45) is 0. The minimum Gasteiger partial charge on any atom is -0.358 e. The SMILES string of the molecule is CC(C)Nc1nnc(S[C@@H](C)C(=O)Nc2ccccc2-c2ccccc2)s1. The molecule has 0 bridgehead atoms. The van der Waals surface area contributed by atoms with Crippen molar-refractivity contribution in [2.45, 2.75) is 36.4 Å². The molecule has 3 rings (SSSR count). The Bertz CT molecular complexity index is 896. The topological polar surface area (TPSA) is 66.9 Å². The van der Waals surface area contributed by atoms with Crippen molar-refractivity contribution >= 4 is 39.8 Å². The molecular weight excluding hydrogens is 376 g/mol. The first-order valence-corrected chi connectivity index (χ1v) is 10.4. The summed E-state index contributed by atoms with van der Waals surface area (Å²) in [4.78, 5) is 12.7. The second-order valence-corrected chi connectivity index (χ2v) is 8.90. The van der Waals surface area contributed by atoms with Crippen molar-refractivity contribution in [3.8, 4) is 11.1 Å². The minimum atomic E-state index is -0.284. The second kappa shape index (κ2) is 9.01. The minimum absolute atomic E-state index is 0.0584. The lowest BCUT2D eigenvalue weighted by Crippen LogP contribution is -2.22. The van der Waals surface area contributed by atoms with Crippen LogP contribution in [0.4, 0.5) is 10.8 Å². The first-order chi connectivity index (χ1) is 13.0. The zero-order valence-corrected chi connectivity index (χ0v) is 17.1. The van der Waals surface area contributed by atoms with Crippen molar-refractivity contribution in [3.63, 3.8) is 0 Å². The van der Waals surface area contributed by atoms with E-state index in [1.54, 1.807) is 0 Å². The van der Waals surface area contributed by atoms with Crippen LogP contribution < -0.4 is 10.6 Å². The molecule has 2 N–H and O–H groups in total. The highest BCUT2D eigenvalue weighted by Gasteiger charge is 2.18. The lowest BCUT2D eigenvalue weighted by molar-refractivity contribution is -0.115. The van der Waals surface area contributed by atoms with E-state index >= 15 is 0 Å². The fourth-order valence-corrected chi connectivity index (χ4v) is 4.51. The Morgan fingerprint density at radius 1 is 1.00 bits per heavy atom. The Labute approximate surface area is 167 Å². The molecule has 7 heteroatoms. The Morgan fingerprint density at radius 2 is 1.70 bits per heavy atom. The monoisotopic (exact) mass is 398 g/mol. The van der Waals surface area contributed by atoms with Gasteiger partial charge in [-0.2, -0.15) is 0 Å². The number of para-hydroxylation sites is 1. The largest absolute Gasteiger partial charge is 0.358 e. The van der Waals surface area contributed by atoms with E-state index in [0.29, 0.717) is 6.04 Å². The van der Waals surface area contributed by atoms with Gasteiger partial charge in [-0.3, -0.25) is 4.79 Å². The molecule has 0 spiro atoms. The van der Waals surface area contributed by atoms with E-state index in [4.69, 9.17) is 0 Å². The molecule has 2 aromatic carbocycles. The van der Waals surface area contributed by atoms with Gasteiger partial charge in [0.15, 0.2) is 4.34 Å². The van der Waals surface area contributed by atoms with Gasteiger partial charge in [0.1, 0.15) is 0 Å². The molecule has 0 fully saturated rings. The van der Waals surface area contributed by atoms with Gasteiger partial charge in [0.05, 0.1) is 5.25 Å². The lowest BCUT2D eigenvalue weighted by Gasteiger charge is -2.14. The van der Waals surface area contributed by atoms with Crippen molar-refractivity contribution in [2.24, 2.45) is 0 Å². The number of anilines is 2. The van der Waals surface area contributed by atoms with Crippen molar-refractivity contribution in [3.05, 3.63) is 54.6 Å². The van der Waals surface area contributed by atoms with Crippen LogP contribution in [0.2, 0.25) is 0 Å². The number of nitrogens with zero attached hydrogens (tertiary/aromatic N) is 2. The van der Waals surface area contributed by atoms with Gasteiger partial charge in [0.2, 0.25) is 11.0 Å². The molecule has 0 aliphatic rings. The first-order valence-electron chi connectivity index (χ1n) is 8.75. The average Bonchev–Trinajstić information content (AvgIpc) is 3.09. The molecule has 0 unspecified atom stereocenters. The fraction of sp³-hybridized carbons (Fsp3) is 0.250. The molecule has 1 aromatic heterocycles. The molecule has 1 amide bonds. The summed E-state index contributed by atoms with van der Waals surface area (Å²) < 4.78 is 0.775. The number of amides is 1. The van der Waals surface area contributed by atoms with Crippen LogP contribution in [0.5, 0.6) is 0 Å². The summed E-state index contributed by atoms with van der Waals surface area (Å²) in [6, 6.07) is 18.2. The van der Waals surface area contributed by atoms with E-state index in [-0.39, 0.29) is 11.2 Å². The van der Waals surface area contributed by atoms with E-state index in [9.17, 15) is 4.79 Å². The molecule has 0 aliphatic carbocycles. The van der Waals surface area contributed by atoms with Gasteiger partial charge in [-0.05, 0) is 32.4 Å². The number of benzene rings is 2. The standard InChI is InChI=1S/C20H22N4OS2/c1-13(2)21-19-23-24-20(27-19)26-14(3)18(25)22-17-12-8-7-11-16(17)15-9-5-4-6-10-15/h4-14H,1-3H3,(H,21,23)(H,22,25)/t14-/m0/s1. The summed E-state index contributed by atoms with van der Waals surface area (Å²) in [5.41, 5.74) is 2.88. The maximum absolute atomic E-state index is 12.7. The molecule has 0 saturated carbocycles. The summed E-state index contributed by atoms with van der Waals surface area (Å²) in [6.45, 7) is 5.98. The molecule has 27 heavy (non-hydrogen) atoms. The van der Waals surface area contributed by atoms with Gasteiger partial charge in [0, 0.05) is 17.3 Å². The number of hydrogen-bond acceptors (Lipinski definition) is 6. The summed E-state index contributed by atoms with van der Waals surface area (Å²) in [5, 5.41) is 15.0. The zero-order chi connectivity index (χ0) is 19.2. The quantitative estimate of drug-likeness (QED) is 0.539. The highest BCUT2D eigenvalue weighted by atomic mass is 32.2. The third kappa shape index (κ3) is 5.30. The van der Waals surface area contributed by atoms with E-state index in [0.717, 1.165) is 26.3 Å². The van der Waals surface area contributed by atoms with Crippen LogP contribution in [0, 0.1) is 0 Å². The Balaban J connectivity index is 1.68. The molecule has 1 atom stereocenters. The molecule has 3 aromatic rings. The van der Waals surface area contributed by atoms with E-state index in [2.05, 4.69) is 34.7 Å². The molecular formula is C20H22N4OS2. The second-order valence-electron chi connectivity index (χ2n) is 6.33. The third-order valence-electron chi connectivity index (χ3n) is 3.74. The first kappa shape index (κ1) is 19.4. The van der Waals surface area contributed by atoms with Crippen LogP contribution in [0.25, 0.3) is 11.1 Å². The number of thioether (sulfide) groups is 1. The molecule has 0 radical (unpaired) electrons. The molecule has 140 valence electrons. The average molecular weight is 399 g/mol. The highest BCUT2D eigenvalue weighted by Crippen LogP contribution is 2.31. The zero-order valence-electron chi connectivity index (χ0n) is 15.5. The van der Waals surface area contributed by atoms with E-state index < -0.39 is 0 Å². The van der Waals surface area contributed by atoms with Crippen molar-refractivity contribution in [1.29, 1.82) is 0 Å². The van der Waals surface area contributed by atoms with E-state index in [1.165, 1.54) is 23.1 Å². The smallest absolute Gasteiger partial charge is 0.237 e. The predicted molar refractivity (Wildman–Crippen MR) is 114 cm³/mol. The maximum Gasteiger partial charge on any atom is 0.237 e. The number of nitrogens with one attached hydrogen (secondary N) is 2. The summed E-state index contributed by atoms with van der Waals surface area (Å²) >= 11 is 2.88. The Morgan fingerprint density at radius 3 is 2.44 bits per heavy atom. The highest BCUT2D eigenvalue weighted by molar-refractivity contribution is 8.02. The fourth-order valence-electron chi connectivity index (χ4n) is 2.46. The van der Waals surface area contributed by atoms with Gasteiger partial charge in [-0.25, -0.2) is 0 Å². The number of carbonyl (C=O) groups is 1. The van der Waals surface area contributed by atoms with Gasteiger partial charge in [-0.15, -0.1) is 10.2 Å². The summed E-state index contributed by atoms with van der Waals surface area (Å²) in [7, 11) is 0. The number of rotatable bonds is 7. The third-order valence-corrected chi connectivity index (χ3v) is 5.77. The summed E-state index contributed by atoms with van der Waals surface area (Å²) in [5.74, 6) is -0.0584. The van der Waals surface area contributed by atoms with Gasteiger partial charge in [-0.1, -0.05) is 71.6 Å². The molecule has 5 nitrogen and oxygen atoms in total. The lowest BCUT2D eigenvalue weighted by atomic mass is 10.0. The molecule has 0 saturated heterocycles. The number of hydrogen-bond donors (Lipinski definition) is 2. The molecule has 0 aliphatic heterocycles. The van der Waals surface area contributed by atoms with Crippen LogP contribution in [0.1, 0.15) is 20.8 Å². The van der Waals surface area contributed by atoms with Gasteiger partial charge in [0.25, 0.3) is 0 Å². The van der Waals surface area contributed by atoms with E-state index in [1.807, 2.05) is 61.5 Å². The number of aromatic nitrogens is 2. The van der Waals surface area contributed by atoms with Crippen LogP contribution in [0.15, 0.2) is 58.9 Å². The van der Waals surface area contributed by atoms with Crippen LogP contribution in [0.3, 0.4) is 0 Å². The molecule has 1 heterocycles. The van der Waals surface area contributed by atoms with Crippen LogP contribution in [-0.4, -0.2) is 27.4 Å². The Kier molecular flexibility index (Phi) is 6.47. The van der Waals surface area contributed by atoms with Gasteiger partial charge >= 0.3 is 0 Å².